The smallest absolute Gasteiger partial charge is 0.234 e. The molecule has 0 aromatic rings. The van der Waals surface area contributed by atoms with Gasteiger partial charge in [0.25, 0.3) is 0 Å². The minimum absolute atomic E-state index is 0.160. The van der Waals surface area contributed by atoms with Gasteiger partial charge in [-0.3, -0.25) is 14.9 Å². The average Bonchev–Trinajstić information content (AvgIpc) is 2.39. The minimum atomic E-state index is -0.175. The van der Waals surface area contributed by atoms with Crippen LogP contribution in [-0.4, -0.2) is 11.8 Å². The molecule has 2 aliphatic rings. The third-order valence-corrected chi connectivity index (χ3v) is 3.16. The van der Waals surface area contributed by atoms with Gasteiger partial charge in [0.1, 0.15) is 0 Å². The Morgan fingerprint density at radius 2 is 2.00 bits per heavy atom. The van der Waals surface area contributed by atoms with Crippen LogP contribution in [0.1, 0.15) is 26.7 Å². The van der Waals surface area contributed by atoms with E-state index in [1.54, 1.807) is 0 Å². The number of piperidine rings is 1. The maximum absolute atomic E-state index is 11.8. The molecule has 0 aromatic heterocycles. The first-order valence-corrected chi connectivity index (χ1v) is 5.98. The highest BCUT2D eigenvalue weighted by molar-refractivity contribution is 6.00. The van der Waals surface area contributed by atoms with Gasteiger partial charge in [0.2, 0.25) is 11.8 Å². The molecule has 1 heterocycles. The number of carbonyl (C=O) groups is 2. The molecule has 0 aromatic carbocycles. The van der Waals surface area contributed by atoms with Gasteiger partial charge >= 0.3 is 0 Å². The molecule has 1 fully saturated rings. The topological polar surface area (TPSA) is 46.2 Å². The summed E-state index contributed by atoms with van der Waals surface area (Å²) in [6, 6.07) is 0. The van der Waals surface area contributed by atoms with Crippen molar-refractivity contribution in [2.45, 2.75) is 26.7 Å². The molecule has 2 rings (SSSR count). The summed E-state index contributed by atoms with van der Waals surface area (Å²) in [5, 5.41) is 2.40. The first-order chi connectivity index (χ1) is 8.06. The molecule has 3 heteroatoms. The molecule has 0 saturated carbocycles. The Kier molecular flexibility index (Phi) is 3.27. The molecule has 90 valence electrons. The zero-order valence-electron chi connectivity index (χ0n) is 10.2. The van der Waals surface area contributed by atoms with Gasteiger partial charge < -0.3 is 0 Å². The number of carbonyl (C=O) groups excluding carboxylic acids is 2. The molecule has 1 saturated heterocycles. The van der Waals surface area contributed by atoms with E-state index >= 15 is 0 Å². The average molecular weight is 231 g/mol. The van der Waals surface area contributed by atoms with Crippen LogP contribution >= 0.6 is 0 Å². The fourth-order valence-electron chi connectivity index (χ4n) is 2.35. The molecular weight excluding hydrogens is 214 g/mol. The summed E-state index contributed by atoms with van der Waals surface area (Å²) < 4.78 is 0. The number of allylic oxidation sites excluding steroid dienone is 5. The second kappa shape index (κ2) is 4.70. The van der Waals surface area contributed by atoms with Crippen molar-refractivity contribution < 1.29 is 9.59 Å². The van der Waals surface area contributed by atoms with E-state index in [1.165, 1.54) is 5.57 Å². The number of hydrogen-bond donors (Lipinski definition) is 1. The molecule has 3 nitrogen and oxygen atoms in total. The molecule has 1 N–H and O–H groups in total. The highest BCUT2D eigenvalue weighted by Gasteiger charge is 2.28. The van der Waals surface area contributed by atoms with Crippen molar-refractivity contribution in [3.05, 3.63) is 35.5 Å². The number of rotatable bonds is 1. The molecule has 1 aliphatic carbocycles. The van der Waals surface area contributed by atoms with Crippen LogP contribution < -0.4 is 5.32 Å². The van der Waals surface area contributed by atoms with Crippen molar-refractivity contribution in [1.82, 2.24) is 5.32 Å². The molecule has 0 radical (unpaired) electrons. The highest BCUT2D eigenvalue weighted by atomic mass is 16.2. The molecule has 1 aliphatic heterocycles. The molecule has 0 bridgehead atoms. The zero-order chi connectivity index (χ0) is 12.4. The van der Waals surface area contributed by atoms with Crippen molar-refractivity contribution in [2.24, 2.45) is 11.8 Å². The first kappa shape index (κ1) is 11.8. The highest BCUT2D eigenvalue weighted by Crippen LogP contribution is 2.26. The maximum Gasteiger partial charge on any atom is 0.234 e. The van der Waals surface area contributed by atoms with Gasteiger partial charge in [-0.15, -0.1) is 0 Å². The standard InChI is InChI=1S/C14H17NO2/c1-9-3-4-11(8-10(2)7-9)12-5-6-13(16)15-14(12)17/h3-4,7-8,10,12H,5-6H2,1-2H3,(H,15,16,17). The van der Waals surface area contributed by atoms with Crippen molar-refractivity contribution >= 4 is 11.8 Å². The van der Waals surface area contributed by atoms with Gasteiger partial charge in [0.05, 0.1) is 5.92 Å². The van der Waals surface area contributed by atoms with Gasteiger partial charge in [0.15, 0.2) is 0 Å². The lowest BCUT2D eigenvalue weighted by atomic mass is 9.88. The number of imide groups is 1. The minimum Gasteiger partial charge on any atom is -0.296 e. The lowest BCUT2D eigenvalue weighted by molar-refractivity contribution is -0.135. The second-order valence-electron chi connectivity index (χ2n) is 4.77. The van der Waals surface area contributed by atoms with Crippen LogP contribution in [0.3, 0.4) is 0 Å². The molecule has 2 amide bonds. The summed E-state index contributed by atoms with van der Waals surface area (Å²) in [7, 11) is 0. The van der Waals surface area contributed by atoms with Crippen LogP contribution in [0.5, 0.6) is 0 Å². The summed E-state index contributed by atoms with van der Waals surface area (Å²) in [6.45, 7) is 4.15. The Hall–Kier alpha value is -1.64. The van der Waals surface area contributed by atoms with E-state index in [0.717, 1.165) is 5.57 Å². The van der Waals surface area contributed by atoms with Gasteiger partial charge in [-0.05, 0) is 24.8 Å². The fourth-order valence-corrected chi connectivity index (χ4v) is 2.35. The van der Waals surface area contributed by atoms with E-state index in [9.17, 15) is 9.59 Å². The zero-order valence-corrected chi connectivity index (χ0v) is 10.2. The second-order valence-corrected chi connectivity index (χ2v) is 4.77. The van der Waals surface area contributed by atoms with E-state index in [4.69, 9.17) is 0 Å². The molecule has 17 heavy (non-hydrogen) atoms. The van der Waals surface area contributed by atoms with Crippen molar-refractivity contribution in [2.75, 3.05) is 0 Å². The lowest BCUT2D eigenvalue weighted by Gasteiger charge is -2.22. The summed E-state index contributed by atoms with van der Waals surface area (Å²) >= 11 is 0. The SMILES string of the molecule is CC1=CC(C)C=C(C2CCC(=O)NC2=O)C=C1. The van der Waals surface area contributed by atoms with Crippen molar-refractivity contribution in [3.63, 3.8) is 0 Å². The fraction of sp³-hybridized carbons (Fsp3) is 0.429. The lowest BCUT2D eigenvalue weighted by Crippen LogP contribution is -2.41. The maximum atomic E-state index is 11.8. The van der Waals surface area contributed by atoms with Crippen LogP contribution in [0.2, 0.25) is 0 Å². The molecule has 2 atom stereocenters. The normalized spacial score (nSPS) is 29.3. The van der Waals surface area contributed by atoms with E-state index < -0.39 is 0 Å². The van der Waals surface area contributed by atoms with E-state index in [0.29, 0.717) is 18.8 Å². The van der Waals surface area contributed by atoms with Crippen molar-refractivity contribution in [3.8, 4) is 0 Å². The Bertz CT molecular complexity index is 443. The monoisotopic (exact) mass is 231 g/mol. The van der Waals surface area contributed by atoms with Crippen LogP contribution in [0.15, 0.2) is 35.5 Å². The number of amides is 2. The summed E-state index contributed by atoms with van der Waals surface area (Å²) in [6.07, 6.45) is 9.34. The van der Waals surface area contributed by atoms with Crippen LogP contribution in [-0.2, 0) is 9.59 Å². The predicted octanol–water partition coefficient (Wildman–Crippen LogP) is 2.12. The largest absolute Gasteiger partial charge is 0.296 e. The van der Waals surface area contributed by atoms with Gasteiger partial charge in [-0.1, -0.05) is 36.8 Å². The van der Waals surface area contributed by atoms with E-state index in [2.05, 4.69) is 24.4 Å². The van der Waals surface area contributed by atoms with Crippen LogP contribution in [0.25, 0.3) is 0 Å². The third kappa shape index (κ3) is 2.73. The van der Waals surface area contributed by atoms with Gasteiger partial charge in [-0.2, -0.15) is 0 Å². The number of nitrogens with one attached hydrogen (secondary N) is 1. The third-order valence-electron chi connectivity index (χ3n) is 3.16. The molecule has 2 unspecified atom stereocenters. The predicted molar refractivity (Wildman–Crippen MR) is 66.0 cm³/mol. The Labute approximate surface area is 101 Å². The Morgan fingerprint density at radius 1 is 1.24 bits per heavy atom. The summed E-state index contributed by atoms with van der Waals surface area (Å²) in [5.41, 5.74) is 2.23. The Morgan fingerprint density at radius 3 is 2.71 bits per heavy atom. The quantitative estimate of drug-likeness (QED) is 0.703. The van der Waals surface area contributed by atoms with Crippen molar-refractivity contribution in [1.29, 1.82) is 0 Å². The molecule has 0 spiro atoms. The summed E-state index contributed by atoms with van der Waals surface area (Å²) in [4.78, 5) is 22.9. The van der Waals surface area contributed by atoms with Gasteiger partial charge in [-0.25, -0.2) is 0 Å². The van der Waals surface area contributed by atoms with E-state index in [1.807, 2.05) is 19.1 Å². The molecular formula is C14H17NO2. The van der Waals surface area contributed by atoms with E-state index in [-0.39, 0.29) is 17.7 Å². The first-order valence-electron chi connectivity index (χ1n) is 5.98. The van der Waals surface area contributed by atoms with Crippen LogP contribution in [0.4, 0.5) is 0 Å². The van der Waals surface area contributed by atoms with Gasteiger partial charge in [0, 0.05) is 6.42 Å². The summed E-state index contributed by atoms with van der Waals surface area (Å²) in [5.74, 6) is -0.174. The number of hydrogen-bond acceptors (Lipinski definition) is 2. The van der Waals surface area contributed by atoms with Crippen LogP contribution in [0, 0.1) is 11.8 Å². The Balaban J connectivity index is 2.20.